The predicted molar refractivity (Wildman–Crippen MR) is 121 cm³/mol. The van der Waals surface area contributed by atoms with Crippen molar-refractivity contribution in [1.82, 2.24) is 10.6 Å². The SMILES string of the molecule is CCCNC(=O)/C(=C/c1ccc(-c2cccc(C(F)(F)F)c2)o1)NC(=O)c1ccc(OC)cc1. The summed E-state index contributed by atoms with van der Waals surface area (Å²) in [6, 6.07) is 14.0. The van der Waals surface area contributed by atoms with Crippen LogP contribution in [0.2, 0.25) is 0 Å². The summed E-state index contributed by atoms with van der Waals surface area (Å²) in [4.78, 5) is 25.3. The van der Waals surface area contributed by atoms with Crippen LogP contribution in [0.1, 0.15) is 35.0 Å². The molecule has 0 aliphatic heterocycles. The zero-order chi connectivity index (χ0) is 24.7. The molecular formula is C25H23F3N2O4. The maximum Gasteiger partial charge on any atom is 0.416 e. The van der Waals surface area contributed by atoms with Crippen molar-refractivity contribution in [2.45, 2.75) is 19.5 Å². The summed E-state index contributed by atoms with van der Waals surface area (Å²) in [6.45, 7) is 2.27. The Morgan fingerprint density at radius 1 is 1.06 bits per heavy atom. The van der Waals surface area contributed by atoms with Crippen molar-refractivity contribution in [3.63, 3.8) is 0 Å². The molecule has 2 amide bonds. The van der Waals surface area contributed by atoms with Crippen LogP contribution < -0.4 is 15.4 Å². The third-order valence-corrected chi connectivity index (χ3v) is 4.77. The number of nitrogens with one attached hydrogen (secondary N) is 2. The number of ether oxygens (including phenoxy) is 1. The van der Waals surface area contributed by atoms with E-state index in [1.165, 1.54) is 37.5 Å². The summed E-state index contributed by atoms with van der Waals surface area (Å²) >= 11 is 0. The number of hydrogen-bond acceptors (Lipinski definition) is 4. The monoisotopic (exact) mass is 472 g/mol. The maximum atomic E-state index is 13.0. The predicted octanol–water partition coefficient (Wildman–Crippen LogP) is 5.27. The summed E-state index contributed by atoms with van der Waals surface area (Å²) in [5.41, 5.74) is -0.336. The molecule has 0 spiro atoms. The van der Waals surface area contributed by atoms with Gasteiger partial charge in [-0.3, -0.25) is 9.59 Å². The molecule has 0 fully saturated rings. The van der Waals surface area contributed by atoms with Gasteiger partial charge in [0, 0.05) is 23.7 Å². The molecule has 1 heterocycles. The molecule has 178 valence electrons. The molecule has 9 heteroatoms. The van der Waals surface area contributed by atoms with Crippen molar-refractivity contribution in [2.24, 2.45) is 0 Å². The number of benzene rings is 2. The molecule has 0 unspecified atom stereocenters. The van der Waals surface area contributed by atoms with Gasteiger partial charge in [-0.1, -0.05) is 19.1 Å². The summed E-state index contributed by atoms with van der Waals surface area (Å²) < 4.78 is 49.8. The largest absolute Gasteiger partial charge is 0.497 e. The Kier molecular flexibility index (Phi) is 7.78. The lowest BCUT2D eigenvalue weighted by Gasteiger charge is -2.10. The fourth-order valence-corrected chi connectivity index (χ4v) is 3.01. The molecule has 0 radical (unpaired) electrons. The molecule has 0 aliphatic carbocycles. The van der Waals surface area contributed by atoms with Crippen LogP contribution in [0.25, 0.3) is 17.4 Å². The number of methoxy groups -OCH3 is 1. The van der Waals surface area contributed by atoms with Gasteiger partial charge in [-0.25, -0.2) is 0 Å². The average molecular weight is 472 g/mol. The first-order chi connectivity index (χ1) is 16.2. The quantitative estimate of drug-likeness (QED) is 0.438. The number of rotatable bonds is 8. The molecule has 0 saturated heterocycles. The van der Waals surface area contributed by atoms with Gasteiger partial charge in [-0.05, 0) is 55.0 Å². The minimum Gasteiger partial charge on any atom is -0.497 e. The molecule has 3 rings (SSSR count). The van der Waals surface area contributed by atoms with Crippen LogP contribution in [0.15, 0.2) is 70.8 Å². The Balaban J connectivity index is 1.87. The van der Waals surface area contributed by atoms with E-state index in [-0.39, 0.29) is 22.8 Å². The Morgan fingerprint density at radius 3 is 2.44 bits per heavy atom. The van der Waals surface area contributed by atoms with Crippen LogP contribution in [0, 0.1) is 0 Å². The van der Waals surface area contributed by atoms with Gasteiger partial charge in [-0.2, -0.15) is 13.2 Å². The zero-order valence-electron chi connectivity index (χ0n) is 18.5. The lowest BCUT2D eigenvalue weighted by atomic mass is 10.1. The Bertz CT molecular complexity index is 1180. The van der Waals surface area contributed by atoms with Gasteiger partial charge in [0.2, 0.25) is 0 Å². The van der Waals surface area contributed by atoms with Gasteiger partial charge in [0.25, 0.3) is 11.8 Å². The average Bonchev–Trinajstić information content (AvgIpc) is 3.30. The third kappa shape index (κ3) is 6.28. The third-order valence-electron chi connectivity index (χ3n) is 4.77. The molecule has 1 aromatic heterocycles. The van der Waals surface area contributed by atoms with E-state index in [0.29, 0.717) is 24.3 Å². The van der Waals surface area contributed by atoms with Gasteiger partial charge in [0.1, 0.15) is 23.0 Å². The maximum absolute atomic E-state index is 13.0. The number of hydrogen-bond donors (Lipinski definition) is 2. The van der Waals surface area contributed by atoms with Crippen LogP contribution in [-0.4, -0.2) is 25.5 Å². The lowest BCUT2D eigenvalue weighted by Crippen LogP contribution is -2.35. The second-order valence-corrected chi connectivity index (χ2v) is 7.28. The normalized spacial score (nSPS) is 11.7. The molecule has 2 aromatic carbocycles. The summed E-state index contributed by atoms with van der Waals surface area (Å²) in [7, 11) is 1.50. The van der Waals surface area contributed by atoms with Crippen LogP contribution in [0.3, 0.4) is 0 Å². The molecule has 2 N–H and O–H groups in total. The molecular weight excluding hydrogens is 449 g/mol. The van der Waals surface area contributed by atoms with Crippen molar-refractivity contribution in [1.29, 1.82) is 0 Å². The highest BCUT2D eigenvalue weighted by molar-refractivity contribution is 6.05. The van der Waals surface area contributed by atoms with Crippen molar-refractivity contribution in [3.05, 3.63) is 83.2 Å². The van der Waals surface area contributed by atoms with Crippen LogP contribution >= 0.6 is 0 Å². The first kappa shape index (κ1) is 24.6. The zero-order valence-corrected chi connectivity index (χ0v) is 18.5. The number of amides is 2. The highest BCUT2D eigenvalue weighted by Gasteiger charge is 2.30. The summed E-state index contributed by atoms with van der Waals surface area (Å²) in [5, 5.41) is 5.25. The van der Waals surface area contributed by atoms with E-state index in [2.05, 4.69) is 10.6 Å². The van der Waals surface area contributed by atoms with E-state index in [1.54, 1.807) is 24.3 Å². The van der Waals surface area contributed by atoms with Gasteiger partial charge in [0.05, 0.1) is 12.7 Å². The number of alkyl halides is 3. The Labute approximate surface area is 194 Å². The summed E-state index contributed by atoms with van der Waals surface area (Å²) in [6.07, 6.45) is -2.48. The highest BCUT2D eigenvalue weighted by atomic mass is 19.4. The van der Waals surface area contributed by atoms with Crippen molar-refractivity contribution >= 4 is 17.9 Å². The van der Waals surface area contributed by atoms with Gasteiger partial charge >= 0.3 is 6.18 Å². The molecule has 34 heavy (non-hydrogen) atoms. The van der Waals surface area contributed by atoms with Gasteiger partial charge < -0.3 is 19.8 Å². The number of carbonyl (C=O) groups excluding carboxylic acids is 2. The Morgan fingerprint density at radius 2 is 1.79 bits per heavy atom. The first-order valence-electron chi connectivity index (χ1n) is 10.4. The van der Waals surface area contributed by atoms with E-state index in [1.807, 2.05) is 6.92 Å². The van der Waals surface area contributed by atoms with Gasteiger partial charge in [0.15, 0.2) is 0 Å². The van der Waals surface area contributed by atoms with E-state index >= 15 is 0 Å². The van der Waals surface area contributed by atoms with E-state index in [0.717, 1.165) is 12.1 Å². The number of carbonyl (C=O) groups is 2. The molecule has 0 aliphatic rings. The van der Waals surface area contributed by atoms with E-state index in [4.69, 9.17) is 9.15 Å². The molecule has 0 bridgehead atoms. The minimum absolute atomic E-state index is 0.0702. The number of furan rings is 1. The first-order valence-corrected chi connectivity index (χ1v) is 10.4. The van der Waals surface area contributed by atoms with Crippen molar-refractivity contribution in [3.8, 4) is 17.1 Å². The Hall–Kier alpha value is -4.01. The standard InChI is InChI=1S/C25H23F3N2O4/c1-3-13-29-24(32)21(30-23(31)16-7-9-19(33-2)10-8-16)15-20-11-12-22(34-20)17-5-4-6-18(14-17)25(26,27)28/h4-12,14-15H,3,13H2,1-2H3,(H,29,32)(H,30,31)/b21-15-. The van der Waals surface area contributed by atoms with E-state index < -0.39 is 23.6 Å². The van der Waals surface area contributed by atoms with Crippen LogP contribution in [0.5, 0.6) is 5.75 Å². The highest BCUT2D eigenvalue weighted by Crippen LogP contribution is 2.32. The molecule has 0 atom stereocenters. The number of halogens is 3. The fraction of sp³-hybridized carbons (Fsp3) is 0.200. The molecule has 0 saturated carbocycles. The topological polar surface area (TPSA) is 80.6 Å². The van der Waals surface area contributed by atoms with Crippen LogP contribution in [0.4, 0.5) is 13.2 Å². The van der Waals surface area contributed by atoms with Crippen molar-refractivity contribution in [2.75, 3.05) is 13.7 Å². The van der Waals surface area contributed by atoms with E-state index in [9.17, 15) is 22.8 Å². The van der Waals surface area contributed by atoms with Crippen molar-refractivity contribution < 1.29 is 31.9 Å². The second kappa shape index (κ2) is 10.7. The smallest absolute Gasteiger partial charge is 0.416 e. The minimum atomic E-state index is -4.48. The molecule has 6 nitrogen and oxygen atoms in total. The lowest BCUT2D eigenvalue weighted by molar-refractivity contribution is -0.137. The fourth-order valence-electron chi connectivity index (χ4n) is 3.01. The van der Waals surface area contributed by atoms with Gasteiger partial charge in [-0.15, -0.1) is 0 Å². The second-order valence-electron chi connectivity index (χ2n) is 7.28. The van der Waals surface area contributed by atoms with Crippen LogP contribution in [-0.2, 0) is 11.0 Å². The summed E-state index contributed by atoms with van der Waals surface area (Å²) in [5.74, 6) is -0.104. The molecule has 3 aromatic rings.